The van der Waals surface area contributed by atoms with Crippen molar-refractivity contribution in [3.05, 3.63) is 65.7 Å². The van der Waals surface area contributed by atoms with E-state index in [4.69, 9.17) is 13.9 Å². The number of hydrogen-bond donors (Lipinski definition) is 2. The van der Waals surface area contributed by atoms with Crippen LogP contribution in [0.5, 0.6) is 11.5 Å². The van der Waals surface area contributed by atoms with Crippen LogP contribution in [0.1, 0.15) is 28.9 Å². The summed E-state index contributed by atoms with van der Waals surface area (Å²) < 4.78 is 32.5. The van der Waals surface area contributed by atoms with Gasteiger partial charge >= 0.3 is 0 Å². The number of rotatable bonds is 8. The van der Waals surface area contributed by atoms with Gasteiger partial charge in [-0.05, 0) is 37.3 Å². The Labute approximate surface area is 215 Å². The standard InChI is InChI=1S/C25H25FN6O6/c1-25(24(35)28-11-18-20(36-2)4-3-7-27-18)14-37-21-17-10-15(26)5-6-19(17)38-22(21)23(34)32(25)13-16-12-31(8-9-33)30-29-16/h3-7,10,12,33H,8-9,11,13-14H2,1-2H3,(H,28,35)/t25-/m1/s1. The van der Waals surface area contributed by atoms with Gasteiger partial charge in [0.25, 0.3) is 5.91 Å². The first-order chi connectivity index (χ1) is 18.3. The van der Waals surface area contributed by atoms with Gasteiger partial charge in [0, 0.05) is 6.20 Å². The lowest BCUT2D eigenvalue weighted by molar-refractivity contribution is -0.133. The number of aromatic nitrogens is 4. The van der Waals surface area contributed by atoms with Gasteiger partial charge in [0.05, 0.1) is 44.9 Å². The second-order valence-electron chi connectivity index (χ2n) is 8.89. The van der Waals surface area contributed by atoms with Crippen molar-refractivity contribution in [1.29, 1.82) is 0 Å². The van der Waals surface area contributed by atoms with Crippen LogP contribution in [0.2, 0.25) is 0 Å². The van der Waals surface area contributed by atoms with Crippen LogP contribution in [-0.4, -0.2) is 67.7 Å². The Morgan fingerprint density at radius 2 is 2.18 bits per heavy atom. The molecule has 2 N–H and O–H groups in total. The Hall–Kier alpha value is -4.52. The number of furan rings is 1. The quantitative estimate of drug-likeness (QED) is 0.352. The minimum atomic E-state index is -1.54. The first-order valence-corrected chi connectivity index (χ1v) is 11.8. The number of benzene rings is 1. The fraction of sp³-hybridized carbons (Fsp3) is 0.320. The summed E-state index contributed by atoms with van der Waals surface area (Å²) in [5.74, 6) is -1.29. The number of carbonyl (C=O) groups is 2. The minimum Gasteiger partial charge on any atom is -0.495 e. The molecule has 38 heavy (non-hydrogen) atoms. The van der Waals surface area contributed by atoms with Gasteiger partial charge in [0.15, 0.2) is 11.3 Å². The van der Waals surface area contributed by atoms with Crippen molar-refractivity contribution in [1.82, 2.24) is 30.2 Å². The lowest BCUT2D eigenvalue weighted by atomic mass is 9.98. The van der Waals surface area contributed by atoms with Crippen molar-refractivity contribution in [3.63, 3.8) is 0 Å². The molecule has 0 bridgehead atoms. The number of nitrogens with one attached hydrogen (secondary N) is 1. The van der Waals surface area contributed by atoms with E-state index >= 15 is 0 Å². The Bertz CT molecular complexity index is 1500. The second kappa shape index (κ2) is 10.1. The molecule has 12 nitrogen and oxygen atoms in total. The van der Waals surface area contributed by atoms with Crippen LogP contribution in [0.4, 0.5) is 4.39 Å². The van der Waals surface area contributed by atoms with Crippen LogP contribution in [0.15, 0.2) is 47.1 Å². The molecule has 4 heterocycles. The Morgan fingerprint density at radius 1 is 1.34 bits per heavy atom. The topological polar surface area (TPSA) is 145 Å². The predicted octanol–water partition coefficient (Wildman–Crippen LogP) is 1.67. The molecule has 0 aliphatic carbocycles. The molecule has 13 heteroatoms. The fourth-order valence-electron chi connectivity index (χ4n) is 4.28. The number of fused-ring (bicyclic) bond motifs is 3. The molecule has 1 aromatic carbocycles. The SMILES string of the molecule is COc1cccnc1CNC(=O)[C@@]1(C)COc2c(oc3ccc(F)cc23)C(=O)N1Cc1cn(CCO)nn1. The Kier molecular flexibility index (Phi) is 6.68. The maximum absolute atomic E-state index is 14.0. The van der Waals surface area contributed by atoms with Crippen molar-refractivity contribution < 1.29 is 33.0 Å². The van der Waals surface area contributed by atoms with E-state index in [1.165, 1.54) is 34.9 Å². The van der Waals surface area contributed by atoms with Gasteiger partial charge in [0.2, 0.25) is 11.7 Å². The molecule has 0 saturated carbocycles. The molecule has 3 aromatic heterocycles. The third-order valence-electron chi connectivity index (χ3n) is 6.35. The molecule has 1 aliphatic rings. The first kappa shape index (κ1) is 25.1. The number of nitrogens with zero attached hydrogens (tertiary/aromatic N) is 5. The summed E-state index contributed by atoms with van der Waals surface area (Å²) in [4.78, 5) is 33.1. The number of ether oxygens (including phenoxy) is 2. The highest BCUT2D eigenvalue weighted by Crippen LogP contribution is 2.39. The van der Waals surface area contributed by atoms with Gasteiger partial charge < -0.3 is 29.2 Å². The number of carbonyl (C=O) groups excluding carboxylic acids is 2. The molecular formula is C25H25FN6O6. The highest BCUT2D eigenvalue weighted by molar-refractivity contribution is 6.04. The van der Waals surface area contributed by atoms with E-state index in [0.717, 1.165) is 0 Å². The third-order valence-corrected chi connectivity index (χ3v) is 6.35. The lowest BCUT2D eigenvalue weighted by Gasteiger charge is -2.37. The van der Waals surface area contributed by atoms with Gasteiger partial charge in [-0.3, -0.25) is 14.6 Å². The zero-order valence-corrected chi connectivity index (χ0v) is 20.7. The summed E-state index contributed by atoms with van der Waals surface area (Å²) >= 11 is 0. The monoisotopic (exact) mass is 524 g/mol. The van der Waals surface area contributed by atoms with E-state index < -0.39 is 23.2 Å². The number of amides is 2. The number of methoxy groups -OCH3 is 1. The first-order valence-electron chi connectivity index (χ1n) is 11.8. The maximum atomic E-state index is 14.0. The van der Waals surface area contributed by atoms with Crippen LogP contribution in [-0.2, 0) is 24.4 Å². The number of halogens is 1. The normalized spacial score (nSPS) is 17.2. The molecule has 5 rings (SSSR count). The molecular weight excluding hydrogens is 499 g/mol. The third kappa shape index (κ3) is 4.52. The van der Waals surface area contributed by atoms with E-state index in [2.05, 4.69) is 20.6 Å². The highest BCUT2D eigenvalue weighted by atomic mass is 19.1. The molecule has 1 atom stereocenters. The number of pyridine rings is 1. The molecule has 0 saturated heterocycles. The highest BCUT2D eigenvalue weighted by Gasteiger charge is 2.48. The average molecular weight is 525 g/mol. The van der Waals surface area contributed by atoms with E-state index in [-0.39, 0.29) is 55.3 Å². The van der Waals surface area contributed by atoms with E-state index in [1.807, 2.05) is 0 Å². The van der Waals surface area contributed by atoms with Crippen molar-refractivity contribution in [2.24, 2.45) is 0 Å². The molecule has 1 aliphatic heterocycles. The maximum Gasteiger partial charge on any atom is 0.294 e. The minimum absolute atomic E-state index is 0.0326. The lowest BCUT2D eigenvalue weighted by Crippen LogP contribution is -2.60. The molecule has 4 aromatic rings. The molecule has 0 radical (unpaired) electrons. The number of hydrogen-bond acceptors (Lipinski definition) is 9. The number of aliphatic hydroxyl groups excluding tert-OH is 1. The summed E-state index contributed by atoms with van der Waals surface area (Å²) in [7, 11) is 1.50. The van der Waals surface area contributed by atoms with Crippen LogP contribution in [0, 0.1) is 5.82 Å². The fourth-order valence-corrected chi connectivity index (χ4v) is 4.28. The summed E-state index contributed by atoms with van der Waals surface area (Å²) in [6.07, 6.45) is 3.15. The van der Waals surface area contributed by atoms with Gasteiger partial charge in [-0.2, -0.15) is 0 Å². The van der Waals surface area contributed by atoms with Crippen molar-refractivity contribution in [3.8, 4) is 11.5 Å². The summed E-state index contributed by atoms with van der Waals surface area (Å²) in [6.45, 7) is 1.29. The average Bonchev–Trinajstić information content (AvgIpc) is 3.50. The molecule has 0 spiro atoms. The zero-order chi connectivity index (χ0) is 26.9. The molecule has 198 valence electrons. The van der Waals surface area contributed by atoms with Crippen LogP contribution < -0.4 is 14.8 Å². The number of aliphatic hydroxyl groups is 1. The van der Waals surface area contributed by atoms with E-state index in [1.54, 1.807) is 31.5 Å². The van der Waals surface area contributed by atoms with E-state index in [0.29, 0.717) is 17.1 Å². The van der Waals surface area contributed by atoms with Crippen molar-refractivity contribution in [2.75, 3.05) is 20.3 Å². The van der Waals surface area contributed by atoms with Crippen molar-refractivity contribution >= 4 is 22.8 Å². The van der Waals surface area contributed by atoms with Gasteiger partial charge in [-0.15, -0.1) is 5.10 Å². The van der Waals surface area contributed by atoms with Crippen LogP contribution >= 0.6 is 0 Å². The summed E-state index contributed by atoms with van der Waals surface area (Å²) in [5, 5.41) is 20.3. The molecule has 0 fully saturated rings. The van der Waals surface area contributed by atoms with Gasteiger partial charge in [-0.25, -0.2) is 9.07 Å². The van der Waals surface area contributed by atoms with Crippen molar-refractivity contribution in [2.45, 2.75) is 32.1 Å². The van der Waals surface area contributed by atoms with Gasteiger partial charge in [0.1, 0.15) is 35.1 Å². The Balaban J connectivity index is 1.50. The van der Waals surface area contributed by atoms with E-state index in [9.17, 15) is 19.1 Å². The Morgan fingerprint density at radius 3 is 2.97 bits per heavy atom. The largest absolute Gasteiger partial charge is 0.495 e. The summed E-state index contributed by atoms with van der Waals surface area (Å²) in [6, 6.07) is 7.27. The predicted molar refractivity (Wildman–Crippen MR) is 130 cm³/mol. The summed E-state index contributed by atoms with van der Waals surface area (Å²) in [5.41, 5.74) is -0.391. The molecule has 2 amide bonds. The van der Waals surface area contributed by atoms with Crippen LogP contribution in [0.3, 0.4) is 0 Å². The molecule has 0 unspecified atom stereocenters. The smallest absolute Gasteiger partial charge is 0.294 e. The van der Waals surface area contributed by atoms with Crippen LogP contribution in [0.25, 0.3) is 11.0 Å². The second-order valence-corrected chi connectivity index (χ2v) is 8.89. The van der Waals surface area contributed by atoms with Gasteiger partial charge in [-0.1, -0.05) is 5.21 Å². The zero-order valence-electron chi connectivity index (χ0n) is 20.7.